The van der Waals surface area contributed by atoms with Crippen LogP contribution in [0.25, 0.3) is 10.2 Å². The van der Waals surface area contributed by atoms with E-state index < -0.39 is 5.97 Å². The molecule has 1 aliphatic heterocycles. The zero-order valence-electron chi connectivity index (χ0n) is 17.3. The number of aliphatic carboxylic acids is 1. The molecule has 9 nitrogen and oxygen atoms in total. The van der Waals surface area contributed by atoms with Crippen LogP contribution in [0.3, 0.4) is 0 Å². The molecule has 0 saturated heterocycles. The molecule has 0 atom stereocenters. The molecule has 0 aliphatic carbocycles. The Hall–Kier alpha value is -2.95. The Morgan fingerprint density at radius 1 is 1.26 bits per heavy atom. The van der Waals surface area contributed by atoms with Crippen molar-refractivity contribution in [2.24, 2.45) is 5.73 Å². The second-order valence-corrected chi connectivity index (χ2v) is 8.10. The normalized spacial score (nSPS) is 11.8. The summed E-state index contributed by atoms with van der Waals surface area (Å²) in [6.07, 6.45) is 1.18. The van der Waals surface area contributed by atoms with Gasteiger partial charge in [0.1, 0.15) is 16.5 Å². The number of aromatic nitrogens is 2. The lowest BCUT2D eigenvalue weighted by Gasteiger charge is -2.09. The SMILES string of the molecule is Cc1cc2c(NCc3ccc4c(c3)OCO4)nc(CCCC(=O)O)nc2s1.NCCO. The van der Waals surface area contributed by atoms with Gasteiger partial charge in [-0.15, -0.1) is 11.3 Å². The number of nitrogens with one attached hydrogen (secondary N) is 1. The van der Waals surface area contributed by atoms with Crippen LogP contribution in [0.1, 0.15) is 29.1 Å². The Morgan fingerprint density at radius 3 is 2.77 bits per heavy atom. The van der Waals surface area contributed by atoms with Gasteiger partial charge in [0.2, 0.25) is 6.79 Å². The van der Waals surface area contributed by atoms with Gasteiger partial charge in [-0.1, -0.05) is 6.07 Å². The molecule has 0 radical (unpaired) electrons. The Bertz CT molecular complexity index is 1040. The van der Waals surface area contributed by atoms with Gasteiger partial charge < -0.3 is 30.7 Å². The molecule has 31 heavy (non-hydrogen) atoms. The van der Waals surface area contributed by atoms with Crippen molar-refractivity contribution in [3.63, 3.8) is 0 Å². The van der Waals surface area contributed by atoms with Gasteiger partial charge in [0.15, 0.2) is 11.5 Å². The van der Waals surface area contributed by atoms with Crippen LogP contribution in [0, 0.1) is 6.92 Å². The molecule has 1 aromatic carbocycles. The minimum absolute atomic E-state index is 0.0972. The Labute approximate surface area is 183 Å². The summed E-state index contributed by atoms with van der Waals surface area (Å²) in [4.78, 5) is 22.0. The number of fused-ring (bicyclic) bond motifs is 2. The number of nitrogens with two attached hydrogens (primary N) is 1. The van der Waals surface area contributed by atoms with E-state index in [-0.39, 0.29) is 19.8 Å². The number of nitrogens with zero attached hydrogens (tertiary/aromatic N) is 2. The van der Waals surface area contributed by atoms with Gasteiger partial charge in [0.05, 0.1) is 12.0 Å². The molecular weight excluding hydrogens is 420 g/mol. The number of hydrogen-bond acceptors (Lipinski definition) is 9. The fourth-order valence-corrected chi connectivity index (χ4v) is 3.87. The number of thiophene rings is 1. The van der Waals surface area contributed by atoms with E-state index in [0.29, 0.717) is 31.8 Å². The first-order valence-corrected chi connectivity index (χ1v) is 10.7. The quantitative estimate of drug-likeness (QED) is 0.411. The highest BCUT2D eigenvalue weighted by Gasteiger charge is 2.14. The average molecular weight is 447 g/mol. The number of benzene rings is 1. The summed E-state index contributed by atoms with van der Waals surface area (Å²) in [5.74, 6) is 2.15. The standard InChI is InChI=1S/C19H19N3O4S.C2H7NO/c1-11-7-13-18(20-9-12-5-6-14-15(8-12)26-10-25-14)21-16(22-19(13)27-11)3-2-4-17(23)24;3-1-2-4/h5-8H,2-4,9-10H2,1H3,(H,23,24)(H,20,21,22);4H,1-3H2. The third-order valence-electron chi connectivity index (χ3n) is 4.38. The van der Waals surface area contributed by atoms with Crippen LogP contribution in [0.5, 0.6) is 11.5 Å². The van der Waals surface area contributed by atoms with E-state index in [1.165, 1.54) is 0 Å². The summed E-state index contributed by atoms with van der Waals surface area (Å²) in [7, 11) is 0. The Morgan fingerprint density at radius 2 is 2.03 bits per heavy atom. The first-order chi connectivity index (χ1) is 15.0. The number of aliphatic hydroxyl groups excluding tert-OH is 1. The third kappa shape index (κ3) is 6.27. The van der Waals surface area contributed by atoms with E-state index >= 15 is 0 Å². The van der Waals surface area contributed by atoms with Crippen LogP contribution < -0.4 is 20.5 Å². The minimum atomic E-state index is -0.802. The number of carbonyl (C=O) groups is 1. The highest BCUT2D eigenvalue weighted by atomic mass is 32.1. The molecule has 4 rings (SSSR count). The summed E-state index contributed by atoms with van der Waals surface area (Å²) in [6.45, 7) is 3.36. The molecular formula is C21H26N4O5S. The molecule has 0 fully saturated rings. The van der Waals surface area contributed by atoms with Crippen LogP contribution in [0.2, 0.25) is 0 Å². The van der Waals surface area contributed by atoms with E-state index in [2.05, 4.69) is 21.4 Å². The van der Waals surface area contributed by atoms with Crippen LogP contribution in [0.4, 0.5) is 5.82 Å². The molecule has 5 N–H and O–H groups in total. The van der Waals surface area contributed by atoms with Gasteiger partial charge in [0.25, 0.3) is 0 Å². The lowest BCUT2D eigenvalue weighted by molar-refractivity contribution is -0.137. The predicted octanol–water partition coefficient (Wildman–Crippen LogP) is 2.69. The van der Waals surface area contributed by atoms with Gasteiger partial charge >= 0.3 is 5.97 Å². The number of carboxylic acid groups (broad SMARTS) is 1. The van der Waals surface area contributed by atoms with Crippen molar-refractivity contribution in [2.45, 2.75) is 32.7 Å². The van der Waals surface area contributed by atoms with Gasteiger partial charge in [-0.25, -0.2) is 9.97 Å². The largest absolute Gasteiger partial charge is 0.481 e. The van der Waals surface area contributed by atoms with E-state index in [9.17, 15) is 4.79 Å². The second-order valence-electron chi connectivity index (χ2n) is 6.87. The highest BCUT2D eigenvalue weighted by Crippen LogP contribution is 2.33. The van der Waals surface area contributed by atoms with Crippen molar-refractivity contribution in [3.8, 4) is 11.5 Å². The first kappa shape index (κ1) is 22.7. The van der Waals surface area contributed by atoms with Crippen molar-refractivity contribution in [3.05, 3.63) is 40.5 Å². The van der Waals surface area contributed by atoms with Gasteiger partial charge in [-0.2, -0.15) is 0 Å². The fraction of sp³-hybridized carbons (Fsp3) is 0.381. The van der Waals surface area contributed by atoms with Crippen molar-refractivity contribution in [1.29, 1.82) is 0 Å². The summed E-state index contributed by atoms with van der Waals surface area (Å²) in [5.41, 5.74) is 5.84. The van der Waals surface area contributed by atoms with E-state index in [1.54, 1.807) is 11.3 Å². The van der Waals surface area contributed by atoms with Crippen LogP contribution >= 0.6 is 11.3 Å². The van der Waals surface area contributed by atoms with E-state index in [4.69, 9.17) is 25.4 Å². The summed E-state index contributed by atoms with van der Waals surface area (Å²) in [5, 5.41) is 21.0. The van der Waals surface area contributed by atoms with Crippen molar-refractivity contribution < 1.29 is 24.5 Å². The molecule has 0 spiro atoms. The summed E-state index contributed by atoms with van der Waals surface area (Å²) >= 11 is 1.61. The van der Waals surface area contributed by atoms with Crippen LogP contribution in [0.15, 0.2) is 24.3 Å². The molecule has 0 unspecified atom stereocenters. The van der Waals surface area contributed by atoms with Crippen LogP contribution in [-0.4, -0.2) is 46.1 Å². The first-order valence-electron chi connectivity index (χ1n) is 9.92. The zero-order chi connectivity index (χ0) is 22.2. The molecule has 10 heteroatoms. The van der Waals surface area contributed by atoms with Gasteiger partial charge in [0, 0.05) is 30.8 Å². The molecule has 0 saturated carbocycles. The maximum Gasteiger partial charge on any atom is 0.303 e. The molecule has 166 valence electrons. The van der Waals surface area contributed by atoms with Crippen molar-refractivity contribution in [1.82, 2.24) is 9.97 Å². The second kappa shape index (κ2) is 10.9. The van der Waals surface area contributed by atoms with E-state index in [1.807, 2.05) is 25.1 Å². The molecule has 3 heterocycles. The summed E-state index contributed by atoms with van der Waals surface area (Å²) in [6, 6.07) is 7.93. The Kier molecular flexibility index (Phi) is 7.99. The zero-order valence-corrected chi connectivity index (χ0v) is 18.1. The van der Waals surface area contributed by atoms with Gasteiger partial charge in [-0.05, 0) is 37.1 Å². The number of ether oxygens (including phenoxy) is 2. The molecule has 0 bridgehead atoms. The monoisotopic (exact) mass is 446 g/mol. The lowest BCUT2D eigenvalue weighted by atomic mass is 10.2. The predicted molar refractivity (Wildman–Crippen MR) is 119 cm³/mol. The van der Waals surface area contributed by atoms with E-state index in [0.717, 1.165) is 38.0 Å². The molecule has 3 aromatic rings. The number of rotatable bonds is 8. The minimum Gasteiger partial charge on any atom is -0.481 e. The van der Waals surface area contributed by atoms with Gasteiger partial charge in [-0.3, -0.25) is 4.79 Å². The fourth-order valence-electron chi connectivity index (χ4n) is 2.97. The third-order valence-corrected chi connectivity index (χ3v) is 5.32. The molecule has 1 aliphatic rings. The number of aliphatic hydroxyl groups is 1. The maximum absolute atomic E-state index is 10.7. The number of carboxylic acids is 1. The number of anilines is 1. The molecule has 2 aromatic heterocycles. The number of hydrogen-bond donors (Lipinski definition) is 4. The smallest absolute Gasteiger partial charge is 0.303 e. The van der Waals surface area contributed by atoms with Crippen molar-refractivity contribution in [2.75, 3.05) is 25.3 Å². The lowest BCUT2D eigenvalue weighted by Crippen LogP contribution is -2.06. The number of aryl methyl sites for hydroxylation is 2. The summed E-state index contributed by atoms with van der Waals surface area (Å²) < 4.78 is 10.8. The maximum atomic E-state index is 10.7. The average Bonchev–Trinajstić information content (AvgIpc) is 3.37. The van der Waals surface area contributed by atoms with Crippen LogP contribution in [-0.2, 0) is 17.8 Å². The Balaban J connectivity index is 0.000000628. The molecule has 0 amide bonds. The van der Waals surface area contributed by atoms with Crippen molar-refractivity contribution >= 4 is 33.3 Å². The topological polar surface area (TPSA) is 140 Å². The highest BCUT2D eigenvalue weighted by molar-refractivity contribution is 7.18.